The van der Waals surface area contributed by atoms with Crippen molar-refractivity contribution >= 4 is 27.8 Å². The van der Waals surface area contributed by atoms with Crippen LogP contribution in [-0.2, 0) is 0 Å². The third-order valence-electron chi connectivity index (χ3n) is 5.83. The van der Waals surface area contributed by atoms with E-state index >= 15 is 0 Å². The van der Waals surface area contributed by atoms with Crippen LogP contribution in [-0.4, -0.2) is 50.3 Å². The molecule has 0 unspecified atom stereocenters. The Hall–Kier alpha value is -4.11. The molecule has 6 rings (SSSR count). The summed E-state index contributed by atoms with van der Waals surface area (Å²) in [7, 11) is 1.51. The minimum Gasteiger partial charge on any atom is -0.497 e. The SMILES string of the molecule is COc1cc(F)cc(-c2ccnc3[nH]c(-c4n[nH]c5ccc(C6=CCNCC6)nc45)nc23)c1. The molecule has 0 amide bonds. The molecule has 0 fully saturated rings. The van der Waals surface area contributed by atoms with Crippen molar-refractivity contribution in [3.8, 4) is 28.4 Å². The standard InChI is InChI=1S/C24H20FN7O/c1-33-16-11-14(10-15(25)12-16)17-6-9-27-23-20(17)29-24(30-23)22-21-19(31-32-22)3-2-18(28-21)13-4-7-26-8-5-13/h2-4,6,9-12,26H,5,7-8H2,1H3,(H,31,32)(H,27,29,30). The van der Waals surface area contributed by atoms with Crippen LogP contribution in [0.2, 0.25) is 0 Å². The maximum Gasteiger partial charge on any atom is 0.162 e. The number of hydrogen-bond acceptors (Lipinski definition) is 6. The molecule has 5 heterocycles. The van der Waals surface area contributed by atoms with Crippen LogP contribution < -0.4 is 10.1 Å². The number of methoxy groups -OCH3 is 1. The number of rotatable bonds is 4. The number of aromatic amines is 2. The second-order valence-electron chi connectivity index (χ2n) is 7.87. The summed E-state index contributed by atoms with van der Waals surface area (Å²) in [6.45, 7) is 1.78. The van der Waals surface area contributed by atoms with E-state index in [0.29, 0.717) is 34.0 Å². The quantitative estimate of drug-likeness (QED) is 0.388. The van der Waals surface area contributed by atoms with E-state index in [4.69, 9.17) is 14.7 Å². The monoisotopic (exact) mass is 441 g/mol. The van der Waals surface area contributed by atoms with Crippen LogP contribution in [0.25, 0.3) is 50.4 Å². The number of ether oxygens (including phenoxy) is 1. The minimum atomic E-state index is -0.382. The molecule has 9 heteroatoms. The van der Waals surface area contributed by atoms with Crippen LogP contribution in [0.4, 0.5) is 4.39 Å². The summed E-state index contributed by atoms with van der Waals surface area (Å²) in [6.07, 6.45) is 4.77. The Bertz CT molecular complexity index is 1530. The van der Waals surface area contributed by atoms with Gasteiger partial charge in [-0.2, -0.15) is 5.10 Å². The minimum absolute atomic E-state index is 0.382. The molecule has 33 heavy (non-hydrogen) atoms. The molecule has 0 atom stereocenters. The lowest BCUT2D eigenvalue weighted by Gasteiger charge is -2.13. The lowest BCUT2D eigenvalue weighted by Crippen LogP contribution is -2.20. The van der Waals surface area contributed by atoms with Gasteiger partial charge in [-0.15, -0.1) is 0 Å². The van der Waals surface area contributed by atoms with Gasteiger partial charge < -0.3 is 15.0 Å². The number of imidazole rings is 1. The average Bonchev–Trinajstić information content (AvgIpc) is 3.47. The van der Waals surface area contributed by atoms with E-state index in [1.807, 2.05) is 18.2 Å². The number of benzene rings is 1. The first kappa shape index (κ1) is 19.6. The van der Waals surface area contributed by atoms with Gasteiger partial charge in [-0.05, 0) is 54.4 Å². The molecule has 4 aromatic heterocycles. The second-order valence-corrected chi connectivity index (χ2v) is 7.87. The predicted molar refractivity (Wildman–Crippen MR) is 124 cm³/mol. The Morgan fingerprint density at radius 1 is 1.06 bits per heavy atom. The van der Waals surface area contributed by atoms with Crippen LogP contribution in [0.1, 0.15) is 12.1 Å². The molecule has 5 aromatic rings. The van der Waals surface area contributed by atoms with E-state index in [0.717, 1.165) is 41.8 Å². The highest BCUT2D eigenvalue weighted by molar-refractivity contribution is 5.94. The van der Waals surface area contributed by atoms with Crippen molar-refractivity contribution in [1.82, 2.24) is 35.5 Å². The third-order valence-corrected chi connectivity index (χ3v) is 5.83. The summed E-state index contributed by atoms with van der Waals surface area (Å²) in [6, 6.07) is 10.4. The molecule has 0 saturated heterocycles. The van der Waals surface area contributed by atoms with E-state index in [-0.39, 0.29) is 5.82 Å². The highest BCUT2D eigenvalue weighted by Gasteiger charge is 2.18. The average molecular weight is 441 g/mol. The summed E-state index contributed by atoms with van der Waals surface area (Å²) in [4.78, 5) is 17.3. The molecule has 8 nitrogen and oxygen atoms in total. The number of nitrogens with zero attached hydrogens (tertiary/aromatic N) is 4. The summed E-state index contributed by atoms with van der Waals surface area (Å²) in [5, 5.41) is 10.8. The number of pyridine rings is 2. The zero-order valence-electron chi connectivity index (χ0n) is 17.8. The number of H-pyrrole nitrogens is 2. The number of aromatic nitrogens is 6. The van der Waals surface area contributed by atoms with Crippen LogP contribution in [0.3, 0.4) is 0 Å². The smallest absolute Gasteiger partial charge is 0.162 e. The predicted octanol–water partition coefficient (Wildman–Crippen LogP) is 4.09. The molecular formula is C24H20FN7O. The van der Waals surface area contributed by atoms with Crippen LogP contribution in [0, 0.1) is 5.82 Å². The van der Waals surface area contributed by atoms with Gasteiger partial charge in [0.05, 0.1) is 18.3 Å². The maximum atomic E-state index is 14.1. The lowest BCUT2D eigenvalue weighted by molar-refractivity contribution is 0.411. The summed E-state index contributed by atoms with van der Waals surface area (Å²) < 4.78 is 19.4. The fourth-order valence-electron chi connectivity index (χ4n) is 4.19. The largest absolute Gasteiger partial charge is 0.497 e. The molecule has 0 radical (unpaired) electrons. The highest BCUT2D eigenvalue weighted by Crippen LogP contribution is 2.32. The molecule has 1 aliphatic rings. The lowest BCUT2D eigenvalue weighted by atomic mass is 10.1. The van der Waals surface area contributed by atoms with Crippen LogP contribution >= 0.6 is 0 Å². The van der Waals surface area contributed by atoms with Gasteiger partial charge in [-0.3, -0.25) is 5.10 Å². The maximum absolute atomic E-state index is 14.1. The molecular weight excluding hydrogens is 421 g/mol. The zero-order chi connectivity index (χ0) is 22.4. The zero-order valence-corrected chi connectivity index (χ0v) is 17.8. The molecule has 164 valence electrons. The molecule has 1 aromatic carbocycles. The second kappa shape index (κ2) is 7.79. The molecule has 3 N–H and O–H groups in total. The number of fused-ring (bicyclic) bond motifs is 2. The van der Waals surface area contributed by atoms with E-state index < -0.39 is 0 Å². The van der Waals surface area contributed by atoms with Crippen LogP contribution in [0.15, 0.2) is 48.7 Å². The van der Waals surface area contributed by atoms with Crippen molar-refractivity contribution < 1.29 is 9.13 Å². The van der Waals surface area contributed by atoms with Gasteiger partial charge in [0, 0.05) is 24.4 Å². The molecule has 0 aliphatic carbocycles. The van der Waals surface area contributed by atoms with Crippen molar-refractivity contribution in [1.29, 1.82) is 0 Å². The first-order chi connectivity index (χ1) is 16.2. The summed E-state index contributed by atoms with van der Waals surface area (Å²) in [5.74, 6) is 0.601. The number of hydrogen-bond donors (Lipinski definition) is 3. The van der Waals surface area contributed by atoms with Gasteiger partial charge in [0.15, 0.2) is 17.2 Å². The van der Waals surface area contributed by atoms with Crippen molar-refractivity contribution in [2.24, 2.45) is 0 Å². The highest BCUT2D eigenvalue weighted by atomic mass is 19.1. The van der Waals surface area contributed by atoms with Gasteiger partial charge in [-0.1, -0.05) is 6.08 Å². The summed E-state index contributed by atoms with van der Waals surface area (Å²) >= 11 is 0. The molecule has 0 bridgehead atoms. The van der Waals surface area contributed by atoms with Crippen molar-refractivity contribution in [2.75, 3.05) is 20.2 Å². The van der Waals surface area contributed by atoms with Crippen molar-refractivity contribution in [2.45, 2.75) is 6.42 Å². The van der Waals surface area contributed by atoms with E-state index in [9.17, 15) is 4.39 Å². The van der Waals surface area contributed by atoms with Crippen molar-refractivity contribution in [3.63, 3.8) is 0 Å². The Morgan fingerprint density at radius 2 is 2.00 bits per heavy atom. The first-order valence-electron chi connectivity index (χ1n) is 10.6. The van der Waals surface area contributed by atoms with Gasteiger partial charge in [0.1, 0.15) is 22.6 Å². The topological polar surface area (TPSA) is 104 Å². The Kier molecular flexibility index (Phi) is 4.62. The normalized spacial score (nSPS) is 14.1. The Labute approximate surface area is 187 Å². The Morgan fingerprint density at radius 3 is 2.85 bits per heavy atom. The first-order valence-corrected chi connectivity index (χ1v) is 10.6. The van der Waals surface area contributed by atoms with E-state index in [1.165, 1.54) is 24.8 Å². The van der Waals surface area contributed by atoms with Gasteiger partial charge >= 0.3 is 0 Å². The van der Waals surface area contributed by atoms with Gasteiger partial charge in [-0.25, -0.2) is 19.3 Å². The number of halogens is 1. The molecule has 1 aliphatic heterocycles. The van der Waals surface area contributed by atoms with E-state index in [2.05, 4.69) is 31.6 Å². The fraction of sp³-hybridized carbons (Fsp3) is 0.167. The van der Waals surface area contributed by atoms with E-state index in [1.54, 1.807) is 12.3 Å². The Balaban J connectivity index is 1.48. The molecule has 0 saturated carbocycles. The number of nitrogens with one attached hydrogen (secondary N) is 3. The fourth-order valence-corrected chi connectivity index (χ4v) is 4.19. The van der Waals surface area contributed by atoms with Gasteiger partial charge in [0.2, 0.25) is 0 Å². The summed E-state index contributed by atoms with van der Waals surface area (Å²) in [5.41, 5.74) is 6.93. The van der Waals surface area contributed by atoms with Gasteiger partial charge in [0.25, 0.3) is 0 Å². The third kappa shape index (κ3) is 3.42. The van der Waals surface area contributed by atoms with Crippen molar-refractivity contribution in [3.05, 3.63) is 60.2 Å². The van der Waals surface area contributed by atoms with Crippen LogP contribution in [0.5, 0.6) is 5.75 Å². The molecule has 0 spiro atoms.